The van der Waals surface area contributed by atoms with Crippen molar-refractivity contribution in [2.24, 2.45) is 0 Å². The summed E-state index contributed by atoms with van der Waals surface area (Å²) in [6, 6.07) is 44.4. The number of fused-ring (bicyclic) bond motifs is 6. The van der Waals surface area contributed by atoms with Crippen molar-refractivity contribution in [2.45, 2.75) is 62.2 Å². The zero-order valence-electron chi connectivity index (χ0n) is 69.4. The summed E-state index contributed by atoms with van der Waals surface area (Å²) in [5.74, 6) is 0. The van der Waals surface area contributed by atoms with Gasteiger partial charge in [0.2, 0.25) is 0 Å². The summed E-state index contributed by atoms with van der Waals surface area (Å²) < 4.78 is 152. The van der Waals surface area contributed by atoms with Gasteiger partial charge in [0.05, 0.1) is 52.9 Å². The average molecular weight is 1730 g/mol. The van der Waals surface area contributed by atoms with E-state index < -0.39 is 0 Å². The third-order valence-corrected chi connectivity index (χ3v) is 19.4. The number of benzene rings is 6. The van der Waals surface area contributed by atoms with Gasteiger partial charge in [-0.1, -0.05) is 174 Å². The third kappa shape index (κ3) is 36.9. The van der Waals surface area contributed by atoms with E-state index in [2.05, 4.69) is 180 Å². The number of rotatable bonds is 75. The van der Waals surface area contributed by atoms with Crippen LogP contribution < -0.4 is 0 Å². The minimum absolute atomic E-state index is 0.0149. The minimum atomic E-state index is -0.364. The van der Waals surface area contributed by atoms with E-state index >= 15 is 0 Å². The first-order chi connectivity index (χ1) is 58.8. The van der Waals surface area contributed by atoms with Crippen molar-refractivity contribution >= 4 is 58.5 Å². The van der Waals surface area contributed by atoms with Gasteiger partial charge in [0.25, 0.3) is 0 Å². The second kappa shape index (κ2) is 61.9. The van der Waals surface area contributed by atoms with Gasteiger partial charge in [0.15, 0.2) is 109 Å². The van der Waals surface area contributed by atoms with E-state index in [4.69, 9.17) is 133 Å². The van der Waals surface area contributed by atoms with Gasteiger partial charge in [-0.05, 0) is 147 Å². The highest BCUT2D eigenvalue weighted by molar-refractivity contribution is 9.10. The topological polar surface area (TPSA) is 258 Å². The lowest BCUT2D eigenvalue weighted by Crippen LogP contribution is -2.27. The summed E-state index contributed by atoms with van der Waals surface area (Å²) in [4.78, 5) is 0. The van der Waals surface area contributed by atoms with Gasteiger partial charge in [-0.15, -0.1) is 0 Å². The van der Waals surface area contributed by atoms with Crippen LogP contribution in [0, 0.1) is 0 Å². The van der Waals surface area contributed by atoms with E-state index in [1.807, 2.05) is 6.08 Å². The lowest BCUT2D eigenvalue weighted by molar-refractivity contribution is -0.232. The van der Waals surface area contributed by atoms with Crippen LogP contribution in [0.1, 0.15) is 113 Å². The molecule has 8 rings (SSSR count). The largest absolute Gasteiger partial charge is 0.382 e. The van der Waals surface area contributed by atoms with Crippen LogP contribution in [0.15, 0.2) is 132 Å². The van der Waals surface area contributed by atoms with Crippen LogP contribution in [0.25, 0.3) is 64.8 Å². The van der Waals surface area contributed by atoms with Crippen molar-refractivity contribution in [1.29, 1.82) is 0 Å². The van der Waals surface area contributed by atoms with Crippen LogP contribution in [-0.2, 0) is 143 Å². The minimum Gasteiger partial charge on any atom is -0.382 e. The number of hydrogen-bond donors (Lipinski definition) is 0. The molecule has 0 bridgehead atoms. The smallest absolute Gasteiger partial charge is 0.152 e. The van der Waals surface area contributed by atoms with Crippen LogP contribution >= 0.6 is 15.9 Å². The van der Waals surface area contributed by atoms with Gasteiger partial charge in [-0.3, -0.25) is 0 Å². The molecule has 0 radical (unpaired) electrons. The van der Waals surface area contributed by atoms with Gasteiger partial charge in [0, 0.05) is 70.2 Å². The highest BCUT2D eigenvalue weighted by atomic mass is 79.9. The van der Waals surface area contributed by atoms with Gasteiger partial charge >= 0.3 is 0 Å². The summed E-state index contributed by atoms with van der Waals surface area (Å²) in [6.45, 7) is 9.85. The molecule has 2 aliphatic carbocycles. The Morgan fingerprint density at radius 3 is 0.689 bits per heavy atom. The van der Waals surface area contributed by atoms with Crippen LogP contribution in [0.3, 0.4) is 0 Å². The molecule has 0 spiro atoms. The van der Waals surface area contributed by atoms with Crippen molar-refractivity contribution in [1.82, 2.24) is 0 Å². The molecule has 28 nitrogen and oxygen atoms in total. The normalized spacial score (nSPS) is 14.9. The number of halogens is 1. The first kappa shape index (κ1) is 98.1. The monoisotopic (exact) mass is 1730 g/mol. The Bertz CT molecular complexity index is 3750. The SMILES string of the molecule is C=Cc1ccc(/C=C/c2ccc3c(c2)C(CCCOCCOC)(CCCOCOCOCOCOCOCOCOCOCOCOCCOC)c2cc(/C=C/c4ccc(/C=C/c5ccc6c(c5)C(CCCOCCOC)(CCCOCOCOCOCOCOCOCOCOCOCOCCOC)c5cc(Br)ccc5-6)cc4)ccc2-3)cc1. The van der Waals surface area contributed by atoms with E-state index in [1.165, 1.54) is 44.5 Å². The Morgan fingerprint density at radius 2 is 0.429 bits per heavy atom. The zero-order chi connectivity index (χ0) is 83.4. The summed E-state index contributed by atoms with van der Waals surface area (Å²) >= 11 is 3.83. The molecule has 0 aromatic heterocycles. The van der Waals surface area contributed by atoms with Gasteiger partial charge in [-0.25, -0.2) is 0 Å². The Balaban J connectivity index is 0.836. The van der Waals surface area contributed by atoms with E-state index in [9.17, 15) is 0 Å². The third-order valence-electron chi connectivity index (χ3n) is 18.9. The van der Waals surface area contributed by atoms with Crippen LogP contribution in [0.2, 0.25) is 0 Å². The second-order valence-electron chi connectivity index (χ2n) is 27.1. The highest BCUT2D eigenvalue weighted by Crippen LogP contribution is 2.56. The molecule has 0 saturated heterocycles. The molecule has 6 aromatic rings. The van der Waals surface area contributed by atoms with Gasteiger partial charge < -0.3 is 133 Å². The molecule has 0 N–H and O–H groups in total. The first-order valence-corrected chi connectivity index (χ1v) is 40.6. The molecule has 2 unspecified atom stereocenters. The van der Waals surface area contributed by atoms with E-state index in [0.717, 1.165) is 94.8 Å². The Kier molecular flexibility index (Phi) is 51.0. The average Bonchev–Trinajstić information content (AvgIpc) is 1.57. The van der Waals surface area contributed by atoms with Crippen molar-refractivity contribution in [3.63, 3.8) is 0 Å². The van der Waals surface area contributed by atoms with Crippen molar-refractivity contribution in [3.05, 3.63) is 194 Å². The van der Waals surface area contributed by atoms with Crippen LogP contribution in [-0.4, -0.2) is 244 Å². The summed E-state index contributed by atoms with van der Waals surface area (Å²) in [5.41, 5.74) is 17.1. The number of methoxy groups -OCH3 is 4. The van der Waals surface area contributed by atoms with Gasteiger partial charge in [-0.2, -0.15) is 0 Å². The summed E-state index contributed by atoms with van der Waals surface area (Å²) in [5, 5.41) is 0. The maximum atomic E-state index is 6.13. The molecule has 0 heterocycles. The zero-order valence-corrected chi connectivity index (χ0v) is 71.0. The quantitative estimate of drug-likeness (QED) is 0.0195. The Hall–Kier alpha value is -6.36. The number of ether oxygens (including phenoxy) is 28. The second-order valence-corrected chi connectivity index (χ2v) is 28.0. The van der Waals surface area contributed by atoms with E-state index in [1.54, 1.807) is 28.4 Å². The molecule has 0 aliphatic heterocycles. The standard InChI is InChI=1S/C90H121BrO28/c1-6-73-11-13-74(14-12-73)19-22-77-25-29-81-82-30-26-78(50-86(82)89(85(81)49-77,33-7-37-96-45-41-92-2)35-9-39-98-53-102-57-106-61-110-65-114-69-118-71-116-67-112-63-108-59-104-55-100-47-43-94-4)23-20-75-15-17-76(18-16-75)21-24-79-27-31-83-84-32-28-80(91)52-88(84)90(87(83)51-79,34-8-38-97-46-42-93-3)36-10-40-99-54-103-58-107-62-111-66-115-70-119-72-117-68-113-64-109-60-105-56-101-48-44-95-5/h6,11-32,49-52H,1,7-10,33-48,53-72H2,2-5H3/b22-19+,23-20+,24-21+. The molecular formula is C90H121BrO28. The highest BCUT2D eigenvalue weighted by Gasteiger charge is 2.44. The van der Waals surface area contributed by atoms with Crippen LogP contribution in [0.4, 0.5) is 0 Å². The molecule has 0 saturated carbocycles. The predicted octanol–water partition coefficient (Wildman–Crippen LogP) is 15.4. The Morgan fingerprint density at radius 1 is 0.227 bits per heavy atom. The Labute approximate surface area is 709 Å². The van der Waals surface area contributed by atoms with E-state index in [-0.39, 0.29) is 147 Å². The van der Waals surface area contributed by atoms with Gasteiger partial charge in [0.1, 0.15) is 27.2 Å². The van der Waals surface area contributed by atoms with Crippen LogP contribution in [0.5, 0.6) is 0 Å². The predicted molar refractivity (Wildman–Crippen MR) is 450 cm³/mol. The fourth-order valence-electron chi connectivity index (χ4n) is 13.4. The molecule has 2 aliphatic rings. The van der Waals surface area contributed by atoms with Crippen molar-refractivity contribution < 1.29 is 133 Å². The molecule has 656 valence electrons. The first-order valence-electron chi connectivity index (χ1n) is 39.8. The maximum absolute atomic E-state index is 6.13. The summed E-state index contributed by atoms with van der Waals surface area (Å²) in [6.07, 6.45) is 21.6. The maximum Gasteiger partial charge on any atom is 0.152 e. The molecule has 2 atom stereocenters. The lowest BCUT2D eigenvalue weighted by atomic mass is 9.71. The molecular weight excluding hydrogens is 1610 g/mol. The van der Waals surface area contributed by atoms with Crippen molar-refractivity contribution in [2.75, 3.05) is 244 Å². The fraction of sp³-hybridized carbons (Fsp3) is 0.511. The van der Waals surface area contributed by atoms with Crippen molar-refractivity contribution in [3.8, 4) is 22.3 Å². The molecule has 29 heteroatoms. The molecule has 0 fully saturated rings. The number of hydrogen-bond acceptors (Lipinski definition) is 28. The molecule has 119 heavy (non-hydrogen) atoms. The molecule has 0 amide bonds. The fourth-order valence-corrected chi connectivity index (χ4v) is 13.8. The summed E-state index contributed by atoms with van der Waals surface area (Å²) in [7, 11) is 6.58. The lowest BCUT2D eigenvalue weighted by Gasteiger charge is -2.33. The van der Waals surface area contributed by atoms with E-state index in [0.29, 0.717) is 79.3 Å². The molecule has 6 aromatic carbocycles.